The van der Waals surface area contributed by atoms with Crippen molar-refractivity contribution in [1.82, 2.24) is 10.3 Å². The van der Waals surface area contributed by atoms with E-state index in [0.717, 1.165) is 43.0 Å². The highest BCUT2D eigenvalue weighted by Gasteiger charge is 2.30. The number of aromatic nitrogens is 1. The number of aryl methyl sites for hydroxylation is 2. The summed E-state index contributed by atoms with van der Waals surface area (Å²) in [6.45, 7) is 8.42. The van der Waals surface area contributed by atoms with Crippen LogP contribution in [0.2, 0.25) is 0 Å². The normalized spacial score (nSPS) is 24.3. The zero-order valence-electron chi connectivity index (χ0n) is 16.8. The zero-order valence-corrected chi connectivity index (χ0v) is 17.6. The van der Waals surface area contributed by atoms with Gasteiger partial charge in [-0.3, -0.25) is 4.79 Å². The van der Waals surface area contributed by atoms with Crippen molar-refractivity contribution < 1.29 is 4.79 Å². The Labute approximate surface area is 166 Å². The van der Waals surface area contributed by atoms with Crippen LogP contribution >= 0.6 is 11.3 Å². The van der Waals surface area contributed by atoms with E-state index in [2.05, 4.69) is 43.1 Å². The Morgan fingerprint density at radius 3 is 2.63 bits per heavy atom. The molecule has 4 rings (SSSR count). The summed E-state index contributed by atoms with van der Waals surface area (Å²) < 4.78 is 1.27. The fourth-order valence-electron chi connectivity index (χ4n) is 4.66. The molecule has 1 saturated carbocycles. The maximum atomic E-state index is 12.7. The highest BCUT2D eigenvalue weighted by molar-refractivity contribution is 7.22. The van der Waals surface area contributed by atoms with Crippen LogP contribution in [0, 0.1) is 25.7 Å². The average Bonchev–Trinajstić information content (AvgIpc) is 3.08. The lowest BCUT2D eigenvalue weighted by Crippen LogP contribution is -2.46. The van der Waals surface area contributed by atoms with Crippen molar-refractivity contribution in [3.05, 3.63) is 23.3 Å². The number of fused-ring (bicyclic) bond motifs is 1. The lowest BCUT2D eigenvalue weighted by atomic mass is 9.85. The van der Waals surface area contributed by atoms with Gasteiger partial charge >= 0.3 is 0 Å². The second-order valence-corrected chi connectivity index (χ2v) is 9.57. The molecular weight excluding hydrogens is 354 g/mol. The molecular formula is C22H31N3OS. The van der Waals surface area contributed by atoms with Crippen molar-refractivity contribution in [3.8, 4) is 0 Å². The number of carbonyl (C=O) groups is 1. The van der Waals surface area contributed by atoms with Crippen molar-refractivity contribution in [2.45, 2.75) is 65.3 Å². The van der Waals surface area contributed by atoms with E-state index in [0.29, 0.717) is 12.0 Å². The van der Waals surface area contributed by atoms with Crippen molar-refractivity contribution in [1.29, 1.82) is 0 Å². The van der Waals surface area contributed by atoms with Crippen LogP contribution in [0.4, 0.5) is 5.13 Å². The predicted octanol–water partition coefficient (Wildman–Crippen LogP) is 4.82. The molecule has 2 fully saturated rings. The third-order valence-corrected chi connectivity index (χ3v) is 7.46. The fourth-order valence-corrected chi connectivity index (χ4v) is 5.85. The first kappa shape index (κ1) is 18.7. The molecule has 1 saturated heterocycles. The quantitative estimate of drug-likeness (QED) is 0.823. The first-order valence-electron chi connectivity index (χ1n) is 10.4. The van der Waals surface area contributed by atoms with E-state index in [1.807, 2.05) is 0 Å². The average molecular weight is 386 g/mol. The number of amides is 1. The number of nitrogens with zero attached hydrogens (tertiary/aromatic N) is 2. The summed E-state index contributed by atoms with van der Waals surface area (Å²) in [6.07, 6.45) is 6.83. The van der Waals surface area contributed by atoms with E-state index in [1.165, 1.54) is 35.1 Å². The van der Waals surface area contributed by atoms with Gasteiger partial charge in [-0.15, -0.1) is 0 Å². The first-order valence-corrected chi connectivity index (χ1v) is 11.3. The van der Waals surface area contributed by atoms with Gasteiger partial charge in [0.2, 0.25) is 5.91 Å². The Hall–Kier alpha value is -1.62. The van der Waals surface area contributed by atoms with Crippen LogP contribution < -0.4 is 10.2 Å². The van der Waals surface area contributed by atoms with Gasteiger partial charge < -0.3 is 10.2 Å². The van der Waals surface area contributed by atoms with E-state index in [1.54, 1.807) is 11.3 Å². The predicted molar refractivity (Wildman–Crippen MR) is 114 cm³/mol. The smallest absolute Gasteiger partial charge is 0.223 e. The molecule has 27 heavy (non-hydrogen) atoms. The summed E-state index contributed by atoms with van der Waals surface area (Å²) in [5, 5.41) is 4.47. The van der Waals surface area contributed by atoms with E-state index in [4.69, 9.17) is 4.98 Å². The second kappa shape index (κ2) is 7.78. The summed E-state index contributed by atoms with van der Waals surface area (Å²) in [5.74, 6) is 1.06. The molecule has 0 spiro atoms. The van der Waals surface area contributed by atoms with Gasteiger partial charge in [-0.25, -0.2) is 4.98 Å². The van der Waals surface area contributed by atoms with Crippen LogP contribution in [0.25, 0.3) is 10.2 Å². The maximum Gasteiger partial charge on any atom is 0.223 e. The van der Waals surface area contributed by atoms with Crippen molar-refractivity contribution in [2.75, 3.05) is 18.0 Å². The molecule has 1 aliphatic heterocycles. The van der Waals surface area contributed by atoms with Gasteiger partial charge in [0.15, 0.2) is 5.13 Å². The van der Waals surface area contributed by atoms with Crippen molar-refractivity contribution in [2.24, 2.45) is 11.8 Å². The minimum Gasteiger partial charge on any atom is -0.353 e. The number of hydrogen-bond acceptors (Lipinski definition) is 4. The molecule has 1 amide bonds. The monoisotopic (exact) mass is 385 g/mol. The Morgan fingerprint density at radius 1 is 1.15 bits per heavy atom. The third kappa shape index (κ3) is 3.98. The van der Waals surface area contributed by atoms with Gasteiger partial charge in [0.1, 0.15) is 0 Å². The number of nitrogens with one attached hydrogen (secondary N) is 1. The van der Waals surface area contributed by atoms with Crippen LogP contribution in [0.15, 0.2) is 12.1 Å². The van der Waals surface area contributed by atoms with E-state index in [9.17, 15) is 4.79 Å². The van der Waals surface area contributed by atoms with Gasteiger partial charge in [0, 0.05) is 25.0 Å². The molecule has 2 aliphatic rings. The summed E-state index contributed by atoms with van der Waals surface area (Å²) in [5.41, 5.74) is 3.68. The first-order chi connectivity index (χ1) is 13.0. The SMILES string of the molecule is Cc1cc(C)c2nc(N3CCC(C(=O)NC4CCCCC4C)CC3)sc2c1. The summed E-state index contributed by atoms with van der Waals surface area (Å²) in [7, 11) is 0. The number of rotatable bonds is 3. The molecule has 2 aromatic rings. The number of piperidine rings is 1. The Kier molecular flexibility index (Phi) is 5.40. The fraction of sp³-hybridized carbons (Fsp3) is 0.636. The Bertz CT molecular complexity index is 822. The third-order valence-electron chi connectivity index (χ3n) is 6.39. The summed E-state index contributed by atoms with van der Waals surface area (Å²) in [4.78, 5) is 20.0. The number of thiazole rings is 1. The molecule has 1 aliphatic carbocycles. The van der Waals surface area contributed by atoms with Crippen molar-refractivity contribution in [3.63, 3.8) is 0 Å². The van der Waals surface area contributed by atoms with Crippen LogP contribution in [0.1, 0.15) is 56.6 Å². The van der Waals surface area contributed by atoms with Gasteiger partial charge in [0.05, 0.1) is 10.2 Å². The topological polar surface area (TPSA) is 45.2 Å². The molecule has 2 atom stereocenters. The van der Waals surface area contributed by atoms with E-state index < -0.39 is 0 Å². The lowest BCUT2D eigenvalue weighted by Gasteiger charge is -2.34. The molecule has 1 aromatic carbocycles. The second-order valence-electron chi connectivity index (χ2n) is 8.56. The molecule has 2 heterocycles. The number of hydrogen-bond donors (Lipinski definition) is 1. The maximum absolute atomic E-state index is 12.7. The highest BCUT2D eigenvalue weighted by Crippen LogP contribution is 2.34. The summed E-state index contributed by atoms with van der Waals surface area (Å²) >= 11 is 1.78. The molecule has 2 unspecified atom stereocenters. The van der Waals surface area contributed by atoms with Gasteiger partial charge in [-0.05, 0) is 62.6 Å². The van der Waals surface area contributed by atoms with Crippen LogP contribution in [-0.2, 0) is 4.79 Å². The summed E-state index contributed by atoms with van der Waals surface area (Å²) in [6, 6.07) is 4.82. The van der Waals surface area contributed by atoms with Crippen molar-refractivity contribution >= 4 is 32.6 Å². The molecule has 146 valence electrons. The van der Waals surface area contributed by atoms with Crippen LogP contribution in [0.3, 0.4) is 0 Å². The Balaban J connectivity index is 1.37. The molecule has 0 radical (unpaired) electrons. The van der Waals surface area contributed by atoms with Gasteiger partial charge in [-0.2, -0.15) is 0 Å². The van der Waals surface area contributed by atoms with Gasteiger partial charge in [0.25, 0.3) is 0 Å². The number of benzene rings is 1. The largest absolute Gasteiger partial charge is 0.353 e. The van der Waals surface area contributed by atoms with Crippen LogP contribution in [-0.4, -0.2) is 30.0 Å². The lowest BCUT2D eigenvalue weighted by molar-refractivity contribution is -0.126. The zero-order chi connectivity index (χ0) is 19.0. The molecule has 0 bridgehead atoms. The molecule has 1 N–H and O–H groups in total. The van der Waals surface area contributed by atoms with Crippen LogP contribution in [0.5, 0.6) is 0 Å². The minimum absolute atomic E-state index is 0.161. The minimum atomic E-state index is 0.161. The highest BCUT2D eigenvalue weighted by atomic mass is 32.1. The van der Waals surface area contributed by atoms with E-state index >= 15 is 0 Å². The number of anilines is 1. The standard InChI is InChI=1S/C22H31N3OS/c1-14-12-16(3)20-19(13-14)27-22(24-20)25-10-8-17(9-11-25)21(26)23-18-7-5-4-6-15(18)2/h12-13,15,17-18H,4-11H2,1-3H3,(H,23,26). The molecule has 1 aromatic heterocycles. The molecule has 4 nitrogen and oxygen atoms in total. The molecule has 5 heteroatoms. The Morgan fingerprint density at radius 2 is 1.89 bits per heavy atom. The van der Waals surface area contributed by atoms with Gasteiger partial charge in [-0.1, -0.05) is 37.2 Å². The van der Waals surface area contributed by atoms with E-state index in [-0.39, 0.29) is 11.8 Å². The number of carbonyl (C=O) groups excluding carboxylic acids is 1.